The Morgan fingerprint density at radius 2 is 0.960 bits per heavy atom. The lowest BCUT2D eigenvalue weighted by Gasteiger charge is -2.57. The van der Waals surface area contributed by atoms with Crippen molar-refractivity contribution in [2.45, 2.75) is 110 Å². The highest BCUT2D eigenvalue weighted by Crippen LogP contribution is 2.54. The van der Waals surface area contributed by atoms with Crippen LogP contribution in [-0.2, 0) is 0 Å². The van der Waals surface area contributed by atoms with Gasteiger partial charge in [-0.2, -0.15) is 0 Å². The van der Waals surface area contributed by atoms with Gasteiger partial charge in [-0.25, -0.2) is 0 Å². The zero-order valence-corrected chi connectivity index (χ0v) is 21.8. The van der Waals surface area contributed by atoms with Crippen LogP contribution < -0.4 is 0 Å². The van der Waals surface area contributed by atoms with Crippen LogP contribution in [-0.4, -0.2) is 27.8 Å². The van der Waals surface area contributed by atoms with Gasteiger partial charge < -0.3 is 0 Å². The molecule has 4 fully saturated rings. The SMILES string of the molecule is CC(C)(C)[Si](C)(C)[Si](=C1C2CC3CC(C2)CC1C3)[Si](C)(C)C(C)(C)C. The second-order valence-corrected chi connectivity index (χ2v) is 35.7. The Bertz CT molecular complexity index is 511. The van der Waals surface area contributed by atoms with E-state index in [4.69, 9.17) is 0 Å². The van der Waals surface area contributed by atoms with Crippen LogP contribution in [0.15, 0.2) is 0 Å². The molecule has 0 unspecified atom stereocenters. The average molecular weight is 393 g/mol. The Morgan fingerprint density at radius 3 is 1.24 bits per heavy atom. The Hall–Kier alpha value is 0.521. The minimum atomic E-state index is -1.31. The van der Waals surface area contributed by atoms with E-state index in [0.717, 1.165) is 23.7 Å². The van der Waals surface area contributed by atoms with Gasteiger partial charge in [0.05, 0.1) is 15.2 Å². The molecule has 4 bridgehead atoms. The molecule has 0 aromatic heterocycles. The van der Waals surface area contributed by atoms with Gasteiger partial charge in [0.1, 0.15) is 0 Å². The van der Waals surface area contributed by atoms with Crippen molar-refractivity contribution >= 4 is 27.8 Å². The van der Waals surface area contributed by atoms with Crippen molar-refractivity contribution in [3.05, 3.63) is 0 Å². The zero-order valence-electron chi connectivity index (χ0n) is 18.8. The summed E-state index contributed by atoms with van der Waals surface area (Å²) in [6, 6.07) is 0. The molecular weight excluding hydrogens is 349 g/mol. The van der Waals surface area contributed by atoms with Crippen LogP contribution in [0, 0.1) is 23.7 Å². The summed E-state index contributed by atoms with van der Waals surface area (Å²) in [6.07, 6.45) is 7.92. The van der Waals surface area contributed by atoms with Crippen LogP contribution in [0.3, 0.4) is 0 Å². The van der Waals surface area contributed by atoms with Gasteiger partial charge in [-0.3, -0.25) is 0 Å². The van der Waals surface area contributed by atoms with Crippen LogP contribution in [0.5, 0.6) is 0 Å². The molecular formula is C22H44Si3. The maximum atomic E-state index is 2.81. The van der Waals surface area contributed by atoms with Crippen LogP contribution in [0.25, 0.3) is 0 Å². The molecule has 0 amide bonds. The summed E-state index contributed by atoms with van der Waals surface area (Å²) in [4.78, 5) is 0. The van der Waals surface area contributed by atoms with Gasteiger partial charge in [0.25, 0.3) is 0 Å². The van der Waals surface area contributed by atoms with E-state index in [9.17, 15) is 0 Å². The predicted molar refractivity (Wildman–Crippen MR) is 122 cm³/mol. The van der Waals surface area contributed by atoms with Gasteiger partial charge in [0.2, 0.25) is 0 Å². The fourth-order valence-electron chi connectivity index (χ4n) is 6.35. The van der Waals surface area contributed by atoms with E-state index in [1.165, 1.54) is 0 Å². The summed E-state index contributed by atoms with van der Waals surface area (Å²) in [5, 5.41) is 3.33. The lowest BCUT2D eigenvalue weighted by atomic mass is 9.56. The third-order valence-corrected chi connectivity index (χ3v) is 45.7. The van der Waals surface area contributed by atoms with E-state index in [0.29, 0.717) is 10.1 Å². The first-order valence-corrected chi connectivity index (χ1v) is 20.4. The van der Waals surface area contributed by atoms with Crippen LogP contribution >= 0.6 is 0 Å². The fraction of sp³-hybridized carbons (Fsp3) is 0.955. The van der Waals surface area contributed by atoms with Crippen molar-refractivity contribution in [1.29, 1.82) is 0 Å². The van der Waals surface area contributed by atoms with Crippen LogP contribution in [0.4, 0.5) is 0 Å². The van der Waals surface area contributed by atoms with Gasteiger partial charge in [-0.1, -0.05) is 72.9 Å². The predicted octanol–water partition coefficient (Wildman–Crippen LogP) is 6.87. The van der Waals surface area contributed by atoms with E-state index in [-0.39, 0.29) is 7.44 Å². The van der Waals surface area contributed by atoms with E-state index >= 15 is 0 Å². The third kappa shape index (κ3) is 3.18. The lowest BCUT2D eigenvalue weighted by molar-refractivity contribution is 0.111. The molecule has 0 radical (unpaired) electrons. The Morgan fingerprint density at radius 1 is 0.640 bits per heavy atom. The molecule has 4 aliphatic carbocycles. The summed E-state index contributed by atoms with van der Waals surface area (Å²) in [7, 11) is -3.01. The molecule has 0 aliphatic heterocycles. The van der Waals surface area contributed by atoms with Crippen molar-refractivity contribution in [2.75, 3.05) is 0 Å². The molecule has 0 heterocycles. The number of rotatable bonds is 2. The molecule has 0 saturated heterocycles. The minimum Gasteiger partial charge on any atom is -0.0887 e. The molecule has 0 aromatic carbocycles. The molecule has 4 rings (SSSR count). The molecule has 4 saturated carbocycles. The van der Waals surface area contributed by atoms with E-state index < -0.39 is 15.2 Å². The standard InChI is InChI=1S/C22H44Si3/c1-21(2,3)24(7,8)23(25(9,10)22(4,5)6)20-18-12-16-11-17(14-18)15-19(20)13-16/h16-19H,11-15H2,1-10H3. The Balaban J connectivity index is 2.22. The lowest BCUT2D eigenvalue weighted by Crippen LogP contribution is -2.68. The summed E-state index contributed by atoms with van der Waals surface area (Å²) in [5.41, 5.74) is 0. The summed E-state index contributed by atoms with van der Waals surface area (Å²) in [5.74, 6) is 4.31. The Kier molecular flexibility index (Phi) is 4.87. The van der Waals surface area contributed by atoms with Gasteiger partial charge >= 0.3 is 0 Å². The molecule has 0 spiro atoms. The van der Waals surface area contributed by atoms with Gasteiger partial charge in [0, 0.05) is 0 Å². The van der Waals surface area contributed by atoms with Crippen LogP contribution in [0.2, 0.25) is 36.3 Å². The third-order valence-electron chi connectivity index (χ3n) is 9.31. The number of hydrogen-bond donors (Lipinski definition) is 0. The second kappa shape index (κ2) is 6.01. The van der Waals surface area contributed by atoms with Crippen molar-refractivity contribution in [3.63, 3.8) is 0 Å². The van der Waals surface area contributed by atoms with Gasteiger partial charge in [-0.15, -0.1) is 0 Å². The molecule has 3 heteroatoms. The zero-order chi connectivity index (χ0) is 19.0. The molecule has 25 heavy (non-hydrogen) atoms. The normalized spacial score (nSPS) is 33.1. The van der Waals surface area contributed by atoms with E-state index in [1.807, 2.05) is 0 Å². The summed E-state index contributed by atoms with van der Waals surface area (Å²) < 4.78 is 0. The van der Waals surface area contributed by atoms with Crippen molar-refractivity contribution < 1.29 is 0 Å². The first kappa shape index (κ1) is 20.3. The van der Waals surface area contributed by atoms with Crippen LogP contribution in [0.1, 0.15) is 73.6 Å². The minimum absolute atomic E-state index is 0.378. The van der Waals surface area contributed by atoms with Crippen molar-refractivity contribution in [3.8, 4) is 0 Å². The molecule has 0 aromatic rings. The first-order valence-electron chi connectivity index (χ1n) is 10.9. The highest BCUT2D eigenvalue weighted by molar-refractivity contribution is 7.62. The van der Waals surface area contributed by atoms with E-state index in [1.54, 1.807) is 32.1 Å². The molecule has 0 atom stereocenters. The van der Waals surface area contributed by atoms with Crippen molar-refractivity contribution in [1.82, 2.24) is 0 Å². The van der Waals surface area contributed by atoms with Gasteiger partial charge in [0.15, 0.2) is 0 Å². The molecule has 144 valence electrons. The number of hydrogen-bond acceptors (Lipinski definition) is 0. The van der Waals surface area contributed by atoms with Crippen molar-refractivity contribution in [2.24, 2.45) is 23.7 Å². The molecule has 4 aliphatic rings. The maximum absolute atomic E-state index is 2.81. The molecule has 0 nitrogen and oxygen atoms in total. The maximum Gasteiger partial charge on any atom is 0.0604 e. The van der Waals surface area contributed by atoms with E-state index in [2.05, 4.69) is 72.9 Å². The molecule has 0 N–H and O–H groups in total. The smallest absolute Gasteiger partial charge is 0.0604 e. The quantitative estimate of drug-likeness (QED) is 0.450. The Labute approximate surface area is 161 Å². The topological polar surface area (TPSA) is 0 Å². The summed E-state index contributed by atoms with van der Waals surface area (Å²) in [6.45, 7) is 26.8. The fourth-order valence-corrected chi connectivity index (χ4v) is 48.9. The second-order valence-electron chi connectivity index (χ2n) is 12.9. The highest BCUT2D eigenvalue weighted by atomic mass is 29.6. The highest BCUT2D eigenvalue weighted by Gasteiger charge is 2.55. The summed E-state index contributed by atoms with van der Waals surface area (Å²) >= 11 is 0. The monoisotopic (exact) mass is 392 g/mol. The van der Waals surface area contributed by atoms with Gasteiger partial charge in [-0.05, 0) is 73.3 Å². The first-order chi connectivity index (χ1) is 11.2. The largest absolute Gasteiger partial charge is 0.0887 e. The average Bonchev–Trinajstić information content (AvgIpc) is 2.38.